The summed E-state index contributed by atoms with van der Waals surface area (Å²) in [5.41, 5.74) is 0.855. The molecule has 0 N–H and O–H groups in total. The van der Waals surface area contributed by atoms with E-state index in [-0.39, 0.29) is 0 Å². The molecule has 0 amide bonds. The molecular weight excluding hydrogens is 266 g/mol. The number of benzene rings is 1. The predicted molar refractivity (Wildman–Crippen MR) is 71.4 cm³/mol. The largest absolute Gasteiger partial charge is 0.497 e. The van der Waals surface area contributed by atoms with Gasteiger partial charge in [0.2, 0.25) is 5.28 Å². The molecule has 0 spiro atoms. The van der Waals surface area contributed by atoms with E-state index in [0.717, 1.165) is 24.4 Å². The van der Waals surface area contributed by atoms with Crippen LogP contribution in [0, 0.1) is 0 Å². The lowest BCUT2D eigenvalue weighted by molar-refractivity contribution is 0.394. The van der Waals surface area contributed by atoms with E-state index in [9.17, 15) is 0 Å². The Hall–Kier alpha value is -1.75. The smallest absolute Gasteiger partial charge is 0.229 e. The average Bonchev–Trinajstić information content (AvgIpc) is 3.21. The summed E-state index contributed by atoms with van der Waals surface area (Å²) in [5.74, 6) is 2.78. The number of hydrogen-bond donors (Lipinski definition) is 0. The van der Waals surface area contributed by atoms with Crippen molar-refractivity contribution in [3.63, 3.8) is 0 Å². The summed E-state index contributed by atoms with van der Waals surface area (Å²) in [6.45, 7) is 0. The van der Waals surface area contributed by atoms with Crippen molar-refractivity contribution >= 4 is 11.6 Å². The summed E-state index contributed by atoms with van der Waals surface area (Å²) in [6.07, 6.45) is 2.27. The molecule has 1 saturated carbocycles. The SMILES string of the molecule is COc1cc(OC)cc(-n2c(Cl)nnc2C2CC2)c1. The van der Waals surface area contributed by atoms with Gasteiger partial charge in [0.15, 0.2) is 0 Å². The highest BCUT2D eigenvalue weighted by atomic mass is 35.5. The van der Waals surface area contributed by atoms with Crippen LogP contribution in [-0.2, 0) is 0 Å². The summed E-state index contributed by atoms with van der Waals surface area (Å²) in [6, 6.07) is 5.60. The summed E-state index contributed by atoms with van der Waals surface area (Å²) in [7, 11) is 3.24. The van der Waals surface area contributed by atoms with E-state index in [1.165, 1.54) is 0 Å². The molecule has 19 heavy (non-hydrogen) atoms. The van der Waals surface area contributed by atoms with Crippen molar-refractivity contribution in [2.45, 2.75) is 18.8 Å². The van der Waals surface area contributed by atoms with E-state index in [4.69, 9.17) is 21.1 Å². The Morgan fingerprint density at radius 3 is 2.26 bits per heavy atom. The van der Waals surface area contributed by atoms with Gasteiger partial charge in [-0.1, -0.05) is 0 Å². The van der Waals surface area contributed by atoms with Crippen LogP contribution in [-0.4, -0.2) is 29.0 Å². The molecule has 0 bridgehead atoms. The van der Waals surface area contributed by atoms with E-state index in [1.807, 2.05) is 22.8 Å². The second kappa shape index (κ2) is 4.74. The zero-order valence-corrected chi connectivity index (χ0v) is 11.5. The van der Waals surface area contributed by atoms with Crippen LogP contribution in [0.15, 0.2) is 18.2 Å². The molecule has 1 aromatic heterocycles. The van der Waals surface area contributed by atoms with Crippen LogP contribution in [0.5, 0.6) is 11.5 Å². The molecule has 1 fully saturated rings. The quantitative estimate of drug-likeness (QED) is 0.863. The number of methoxy groups -OCH3 is 2. The molecule has 0 aliphatic heterocycles. The van der Waals surface area contributed by atoms with Crippen LogP contribution in [0.25, 0.3) is 5.69 Å². The molecule has 0 saturated heterocycles. The zero-order valence-electron chi connectivity index (χ0n) is 10.8. The van der Waals surface area contributed by atoms with Gasteiger partial charge in [0.05, 0.1) is 19.9 Å². The zero-order chi connectivity index (χ0) is 13.4. The van der Waals surface area contributed by atoms with Crippen molar-refractivity contribution in [3.8, 4) is 17.2 Å². The first-order chi connectivity index (χ1) is 9.22. The second-order valence-corrected chi connectivity index (χ2v) is 4.85. The topological polar surface area (TPSA) is 49.2 Å². The maximum atomic E-state index is 6.15. The van der Waals surface area contributed by atoms with Gasteiger partial charge in [-0.2, -0.15) is 0 Å². The third-order valence-corrected chi connectivity index (χ3v) is 3.43. The fourth-order valence-corrected chi connectivity index (χ4v) is 2.26. The molecule has 0 radical (unpaired) electrons. The predicted octanol–water partition coefficient (Wildman–Crippen LogP) is 2.82. The normalized spacial score (nSPS) is 14.5. The van der Waals surface area contributed by atoms with Crippen molar-refractivity contribution in [2.24, 2.45) is 0 Å². The Balaban J connectivity index is 2.12. The van der Waals surface area contributed by atoms with Crippen LogP contribution in [0.3, 0.4) is 0 Å². The third-order valence-electron chi connectivity index (χ3n) is 3.19. The van der Waals surface area contributed by atoms with E-state index in [1.54, 1.807) is 14.2 Å². The molecule has 3 rings (SSSR count). The highest BCUT2D eigenvalue weighted by molar-refractivity contribution is 6.28. The van der Waals surface area contributed by atoms with E-state index < -0.39 is 0 Å². The highest BCUT2D eigenvalue weighted by Crippen LogP contribution is 2.41. The number of rotatable bonds is 4. The number of nitrogens with zero attached hydrogens (tertiary/aromatic N) is 3. The molecule has 0 atom stereocenters. The minimum atomic E-state index is 0.359. The third kappa shape index (κ3) is 2.26. The van der Waals surface area contributed by atoms with E-state index >= 15 is 0 Å². The van der Waals surface area contributed by atoms with Gasteiger partial charge in [-0.15, -0.1) is 10.2 Å². The van der Waals surface area contributed by atoms with Crippen LogP contribution >= 0.6 is 11.6 Å². The molecule has 1 aliphatic rings. The first-order valence-corrected chi connectivity index (χ1v) is 6.45. The van der Waals surface area contributed by atoms with Crippen molar-refractivity contribution in [1.29, 1.82) is 0 Å². The average molecular weight is 280 g/mol. The minimum absolute atomic E-state index is 0.359. The van der Waals surface area contributed by atoms with Gasteiger partial charge in [0.1, 0.15) is 17.3 Å². The molecule has 0 unspecified atom stereocenters. The monoisotopic (exact) mass is 279 g/mol. The first kappa shape index (κ1) is 12.3. The summed E-state index contributed by atoms with van der Waals surface area (Å²) >= 11 is 6.15. The van der Waals surface area contributed by atoms with Crippen molar-refractivity contribution in [2.75, 3.05) is 14.2 Å². The summed E-state index contributed by atoms with van der Waals surface area (Å²) in [4.78, 5) is 0. The van der Waals surface area contributed by atoms with Crippen molar-refractivity contribution < 1.29 is 9.47 Å². The Morgan fingerprint density at radius 1 is 1.11 bits per heavy atom. The fourth-order valence-electron chi connectivity index (χ4n) is 2.04. The van der Waals surface area contributed by atoms with Crippen LogP contribution in [0.2, 0.25) is 5.28 Å². The van der Waals surface area contributed by atoms with Gasteiger partial charge in [-0.3, -0.25) is 4.57 Å². The Morgan fingerprint density at radius 2 is 1.74 bits per heavy atom. The fraction of sp³-hybridized carbons (Fsp3) is 0.385. The van der Waals surface area contributed by atoms with Gasteiger partial charge < -0.3 is 9.47 Å². The van der Waals surface area contributed by atoms with Gasteiger partial charge in [-0.25, -0.2) is 0 Å². The van der Waals surface area contributed by atoms with Crippen LogP contribution < -0.4 is 9.47 Å². The number of ether oxygens (including phenoxy) is 2. The highest BCUT2D eigenvalue weighted by Gasteiger charge is 2.30. The van der Waals surface area contributed by atoms with Crippen molar-refractivity contribution in [3.05, 3.63) is 29.3 Å². The minimum Gasteiger partial charge on any atom is -0.497 e. The maximum Gasteiger partial charge on any atom is 0.229 e. The molecule has 2 aromatic rings. The number of aromatic nitrogens is 3. The lowest BCUT2D eigenvalue weighted by Crippen LogP contribution is -2.01. The van der Waals surface area contributed by atoms with Gasteiger partial charge in [0, 0.05) is 24.1 Å². The van der Waals surface area contributed by atoms with Gasteiger partial charge in [-0.05, 0) is 24.4 Å². The number of hydrogen-bond acceptors (Lipinski definition) is 4. The summed E-state index contributed by atoms with van der Waals surface area (Å²) in [5, 5.41) is 8.48. The standard InChI is InChI=1S/C13H14ClN3O2/c1-18-10-5-9(6-11(7-10)19-2)17-12(8-3-4-8)15-16-13(17)14/h5-8H,3-4H2,1-2H3. The van der Waals surface area contributed by atoms with Crippen LogP contribution in [0.1, 0.15) is 24.6 Å². The molecule has 1 heterocycles. The summed E-state index contributed by atoms with van der Waals surface area (Å²) < 4.78 is 12.4. The Labute approximate surface area is 116 Å². The molecular formula is C13H14ClN3O2. The van der Waals surface area contributed by atoms with Gasteiger partial charge in [0.25, 0.3) is 0 Å². The van der Waals surface area contributed by atoms with Crippen molar-refractivity contribution in [1.82, 2.24) is 14.8 Å². The lowest BCUT2D eigenvalue weighted by Gasteiger charge is -2.11. The van der Waals surface area contributed by atoms with E-state index in [2.05, 4.69) is 10.2 Å². The molecule has 5 nitrogen and oxygen atoms in total. The maximum absolute atomic E-state index is 6.15. The Kier molecular flexibility index (Phi) is 3.06. The molecule has 100 valence electrons. The number of halogens is 1. The molecule has 6 heteroatoms. The Bertz CT molecular complexity index is 586. The lowest BCUT2D eigenvalue weighted by atomic mass is 10.2. The first-order valence-electron chi connectivity index (χ1n) is 6.07. The molecule has 1 aliphatic carbocycles. The van der Waals surface area contributed by atoms with Crippen LogP contribution in [0.4, 0.5) is 0 Å². The second-order valence-electron chi connectivity index (χ2n) is 4.51. The van der Waals surface area contributed by atoms with Gasteiger partial charge >= 0.3 is 0 Å². The van der Waals surface area contributed by atoms with E-state index in [0.29, 0.717) is 22.7 Å². The molecule has 1 aromatic carbocycles.